The summed E-state index contributed by atoms with van der Waals surface area (Å²) < 4.78 is 33.4. The first kappa shape index (κ1) is 16.3. The highest BCUT2D eigenvalue weighted by Crippen LogP contribution is 2.16. The SMILES string of the molecule is CC(NCCCS(C)=O)c1cccc(S(N)(=O)=O)c1. The standard InChI is InChI=1S/C12H20N2O3S2/c1-10(14-7-4-8-18(2)15)11-5-3-6-12(9-11)19(13,16)17/h3,5-6,9-10,14H,4,7-8H2,1-2H3,(H2,13,16,17). The van der Waals surface area contributed by atoms with Crippen LogP contribution in [-0.4, -0.2) is 31.2 Å². The monoisotopic (exact) mass is 304 g/mol. The van der Waals surface area contributed by atoms with Gasteiger partial charge in [-0.1, -0.05) is 12.1 Å². The van der Waals surface area contributed by atoms with Crippen molar-refractivity contribution in [1.82, 2.24) is 5.32 Å². The highest BCUT2D eigenvalue weighted by Gasteiger charge is 2.11. The molecule has 1 aromatic rings. The van der Waals surface area contributed by atoms with Crippen LogP contribution in [0, 0.1) is 0 Å². The van der Waals surface area contributed by atoms with Gasteiger partial charge >= 0.3 is 0 Å². The summed E-state index contributed by atoms with van der Waals surface area (Å²) in [7, 11) is -4.44. The molecule has 1 rings (SSSR count). The molecule has 2 unspecified atom stereocenters. The maximum Gasteiger partial charge on any atom is 0.238 e. The topological polar surface area (TPSA) is 89.3 Å². The summed E-state index contributed by atoms with van der Waals surface area (Å²) in [6.45, 7) is 2.69. The minimum absolute atomic E-state index is 0.0204. The molecule has 5 nitrogen and oxygen atoms in total. The van der Waals surface area contributed by atoms with E-state index in [9.17, 15) is 12.6 Å². The maximum absolute atomic E-state index is 11.3. The molecule has 0 spiro atoms. The highest BCUT2D eigenvalue weighted by molar-refractivity contribution is 7.89. The Hall–Kier alpha value is -0.760. The Morgan fingerprint density at radius 1 is 1.42 bits per heavy atom. The van der Waals surface area contributed by atoms with Crippen molar-refractivity contribution in [2.75, 3.05) is 18.6 Å². The molecule has 0 aliphatic heterocycles. The molecule has 0 aromatic heterocycles. The Bertz CT molecular complexity index is 544. The Morgan fingerprint density at radius 3 is 2.68 bits per heavy atom. The van der Waals surface area contributed by atoms with Gasteiger partial charge in [0.2, 0.25) is 10.0 Å². The Kier molecular flexibility index (Phi) is 6.12. The van der Waals surface area contributed by atoms with Gasteiger partial charge in [-0.3, -0.25) is 4.21 Å². The molecule has 19 heavy (non-hydrogen) atoms. The highest BCUT2D eigenvalue weighted by atomic mass is 32.2. The van der Waals surface area contributed by atoms with Crippen LogP contribution >= 0.6 is 0 Å². The van der Waals surface area contributed by atoms with Crippen molar-refractivity contribution in [3.8, 4) is 0 Å². The number of primary sulfonamides is 1. The fourth-order valence-corrected chi connectivity index (χ4v) is 2.79. The third-order valence-electron chi connectivity index (χ3n) is 2.75. The number of nitrogens with one attached hydrogen (secondary N) is 1. The third kappa shape index (κ3) is 5.82. The molecule has 0 fully saturated rings. The zero-order chi connectivity index (χ0) is 14.5. The molecule has 7 heteroatoms. The lowest BCUT2D eigenvalue weighted by molar-refractivity contribution is 0.568. The van der Waals surface area contributed by atoms with Gasteiger partial charge in [-0.25, -0.2) is 13.6 Å². The van der Waals surface area contributed by atoms with Crippen LogP contribution in [0.3, 0.4) is 0 Å². The molecule has 1 aromatic carbocycles. The lowest BCUT2D eigenvalue weighted by atomic mass is 10.1. The predicted molar refractivity (Wildman–Crippen MR) is 77.8 cm³/mol. The normalized spacial score (nSPS) is 15.1. The number of rotatable bonds is 7. The van der Waals surface area contributed by atoms with Crippen molar-refractivity contribution in [2.45, 2.75) is 24.3 Å². The summed E-state index contributed by atoms with van der Waals surface area (Å²) in [4.78, 5) is 0.119. The van der Waals surface area contributed by atoms with Crippen molar-refractivity contribution in [3.63, 3.8) is 0 Å². The molecule has 2 atom stereocenters. The smallest absolute Gasteiger partial charge is 0.238 e. The molecule has 0 aliphatic carbocycles. The van der Waals surface area contributed by atoms with E-state index in [0.29, 0.717) is 5.75 Å². The molecule has 108 valence electrons. The zero-order valence-electron chi connectivity index (χ0n) is 11.1. The summed E-state index contributed by atoms with van der Waals surface area (Å²) in [6, 6.07) is 6.60. The van der Waals surface area contributed by atoms with Crippen molar-refractivity contribution >= 4 is 20.8 Å². The Labute approximate surface area is 117 Å². The zero-order valence-corrected chi connectivity index (χ0v) is 12.8. The third-order valence-corrected chi connectivity index (χ3v) is 4.52. The summed E-state index contributed by atoms with van der Waals surface area (Å²) in [5.74, 6) is 0.664. The first-order chi connectivity index (χ1) is 8.80. The average molecular weight is 304 g/mol. The van der Waals surface area contributed by atoms with Crippen LogP contribution in [0.2, 0.25) is 0 Å². The van der Waals surface area contributed by atoms with E-state index in [0.717, 1.165) is 18.5 Å². The maximum atomic E-state index is 11.3. The minimum Gasteiger partial charge on any atom is -0.310 e. The Morgan fingerprint density at radius 2 is 2.11 bits per heavy atom. The van der Waals surface area contributed by atoms with Gasteiger partial charge in [0.15, 0.2) is 0 Å². The van der Waals surface area contributed by atoms with Gasteiger partial charge in [0.1, 0.15) is 0 Å². The van der Waals surface area contributed by atoms with Crippen LogP contribution in [0.15, 0.2) is 29.2 Å². The predicted octanol–water partition coefficient (Wildman–Crippen LogP) is 0.753. The van der Waals surface area contributed by atoms with E-state index in [1.165, 1.54) is 6.07 Å². The van der Waals surface area contributed by atoms with Crippen LogP contribution in [0.1, 0.15) is 24.9 Å². The number of nitrogens with two attached hydrogens (primary N) is 1. The number of hydrogen-bond donors (Lipinski definition) is 2. The first-order valence-corrected chi connectivity index (χ1v) is 9.24. The fraction of sp³-hybridized carbons (Fsp3) is 0.500. The molecule has 0 aliphatic rings. The van der Waals surface area contributed by atoms with Crippen molar-refractivity contribution in [2.24, 2.45) is 5.14 Å². The summed E-state index contributed by atoms with van der Waals surface area (Å²) in [5, 5.41) is 8.36. The minimum atomic E-state index is -3.66. The molecule has 0 radical (unpaired) electrons. The van der Waals surface area contributed by atoms with Gasteiger partial charge in [0, 0.05) is 28.9 Å². The molecule has 3 N–H and O–H groups in total. The second-order valence-electron chi connectivity index (χ2n) is 4.42. The van der Waals surface area contributed by atoms with E-state index in [2.05, 4.69) is 5.32 Å². The fourth-order valence-electron chi connectivity index (χ4n) is 1.67. The van der Waals surface area contributed by atoms with Crippen molar-refractivity contribution in [1.29, 1.82) is 0 Å². The largest absolute Gasteiger partial charge is 0.310 e. The van der Waals surface area contributed by atoms with E-state index in [4.69, 9.17) is 5.14 Å². The first-order valence-electron chi connectivity index (χ1n) is 5.97. The molecule has 0 saturated heterocycles. The van der Waals surface area contributed by atoms with Gasteiger partial charge in [0.25, 0.3) is 0 Å². The average Bonchev–Trinajstić information content (AvgIpc) is 2.33. The van der Waals surface area contributed by atoms with Crippen molar-refractivity contribution in [3.05, 3.63) is 29.8 Å². The lowest BCUT2D eigenvalue weighted by Crippen LogP contribution is -2.21. The lowest BCUT2D eigenvalue weighted by Gasteiger charge is -2.14. The second-order valence-corrected chi connectivity index (χ2v) is 7.54. The van der Waals surface area contributed by atoms with E-state index in [1.807, 2.05) is 13.0 Å². The van der Waals surface area contributed by atoms with Crippen LogP contribution in [-0.2, 0) is 20.8 Å². The van der Waals surface area contributed by atoms with E-state index in [-0.39, 0.29) is 10.9 Å². The Balaban J connectivity index is 2.62. The van der Waals surface area contributed by atoms with Gasteiger partial charge < -0.3 is 5.32 Å². The van der Waals surface area contributed by atoms with Crippen LogP contribution in [0.5, 0.6) is 0 Å². The van der Waals surface area contributed by atoms with Crippen LogP contribution in [0.25, 0.3) is 0 Å². The van der Waals surface area contributed by atoms with E-state index >= 15 is 0 Å². The molecule has 0 bridgehead atoms. The van der Waals surface area contributed by atoms with Crippen molar-refractivity contribution < 1.29 is 12.6 Å². The van der Waals surface area contributed by atoms with E-state index in [1.54, 1.807) is 18.4 Å². The summed E-state index contributed by atoms with van der Waals surface area (Å²) >= 11 is 0. The molecular formula is C12H20N2O3S2. The molecular weight excluding hydrogens is 284 g/mol. The molecule has 0 saturated carbocycles. The summed E-state index contributed by atoms with van der Waals surface area (Å²) in [6.07, 6.45) is 2.50. The van der Waals surface area contributed by atoms with Gasteiger partial charge in [-0.05, 0) is 37.6 Å². The van der Waals surface area contributed by atoms with E-state index < -0.39 is 20.8 Å². The van der Waals surface area contributed by atoms with Gasteiger partial charge in [-0.15, -0.1) is 0 Å². The number of sulfonamides is 1. The van der Waals surface area contributed by atoms with Gasteiger partial charge in [0.05, 0.1) is 4.90 Å². The summed E-state index contributed by atoms with van der Waals surface area (Å²) in [5.41, 5.74) is 0.865. The van der Waals surface area contributed by atoms with Crippen LogP contribution in [0.4, 0.5) is 0 Å². The van der Waals surface area contributed by atoms with Crippen LogP contribution < -0.4 is 10.5 Å². The quantitative estimate of drug-likeness (QED) is 0.728. The number of benzene rings is 1. The molecule has 0 amide bonds. The second kappa shape index (κ2) is 7.14. The number of hydrogen-bond acceptors (Lipinski definition) is 4. The van der Waals surface area contributed by atoms with Gasteiger partial charge in [-0.2, -0.15) is 0 Å². The molecule has 0 heterocycles.